The zero-order valence-corrected chi connectivity index (χ0v) is 12.9. The minimum atomic E-state index is 0.138. The number of rotatable bonds is 5. The van der Waals surface area contributed by atoms with Crippen molar-refractivity contribution < 1.29 is 4.79 Å². The summed E-state index contributed by atoms with van der Waals surface area (Å²) in [7, 11) is 0. The van der Waals surface area contributed by atoms with Gasteiger partial charge in [0.15, 0.2) is 0 Å². The van der Waals surface area contributed by atoms with E-state index in [0.29, 0.717) is 16.5 Å². The number of aryl methyl sites for hydroxylation is 1. The van der Waals surface area contributed by atoms with Crippen LogP contribution in [0.1, 0.15) is 22.2 Å². The van der Waals surface area contributed by atoms with Gasteiger partial charge in [-0.1, -0.05) is 36.2 Å². The Hall–Kier alpha value is -0.830. The summed E-state index contributed by atoms with van der Waals surface area (Å²) in [5.41, 5.74) is 0.725. The molecule has 100 valence electrons. The molecule has 0 aliphatic carbocycles. The lowest BCUT2D eigenvalue weighted by atomic mass is 10.1. The first kappa shape index (κ1) is 14.6. The van der Waals surface area contributed by atoms with Crippen LogP contribution in [-0.2, 0) is 24.1 Å². The van der Waals surface area contributed by atoms with Crippen LogP contribution in [0.2, 0.25) is 10.0 Å². The third-order valence-electron chi connectivity index (χ3n) is 2.87. The lowest BCUT2D eigenvalue weighted by molar-refractivity contribution is -0.117. The molecule has 2 rings (SSSR count). The molecule has 1 heterocycles. The Morgan fingerprint density at radius 3 is 2.26 bits per heavy atom. The number of ketones is 1. The summed E-state index contributed by atoms with van der Waals surface area (Å²) in [6.45, 7) is 2.11. The molecule has 2 aromatic rings. The number of halogens is 2. The van der Waals surface area contributed by atoms with Gasteiger partial charge in [-0.05, 0) is 36.2 Å². The van der Waals surface area contributed by atoms with Gasteiger partial charge in [0.25, 0.3) is 0 Å². The summed E-state index contributed by atoms with van der Waals surface area (Å²) >= 11 is 13.8. The summed E-state index contributed by atoms with van der Waals surface area (Å²) in [6, 6.07) is 9.41. The van der Waals surface area contributed by atoms with Gasteiger partial charge >= 0.3 is 0 Å². The monoisotopic (exact) mass is 312 g/mol. The van der Waals surface area contributed by atoms with E-state index in [9.17, 15) is 4.79 Å². The maximum Gasteiger partial charge on any atom is 0.142 e. The van der Waals surface area contributed by atoms with Crippen LogP contribution in [0.15, 0.2) is 30.3 Å². The van der Waals surface area contributed by atoms with E-state index in [1.165, 1.54) is 4.88 Å². The summed E-state index contributed by atoms with van der Waals surface area (Å²) in [5, 5.41) is 1.11. The van der Waals surface area contributed by atoms with Crippen molar-refractivity contribution in [3.63, 3.8) is 0 Å². The molecule has 0 spiro atoms. The summed E-state index contributed by atoms with van der Waals surface area (Å²) in [6.07, 6.45) is 1.75. The molecule has 1 nitrogen and oxygen atoms in total. The molecule has 0 saturated carbocycles. The average Bonchev–Trinajstić information content (AvgIpc) is 2.81. The molecule has 0 N–H and O–H groups in total. The molecular weight excluding hydrogens is 299 g/mol. The van der Waals surface area contributed by atoms with Gasteiger partial charge < -0.3 is 0 Å². The molecule has 0 unspecified atom stereocenters. The topological polar surface area (TPSA) is 17.1 Å². The number of hydrogen-bond acceptors (Lipinski definition) is 2. The second kappa shape index (κ2) is 6.56. The predicted molar refractivity (Wildman–Crippen MR) is 82.6 cm³/mol. The fraction of sp³-hybridized carbons (Fsp3) is 0.267. The smallest absolute Gasteiger partial charge is 0.142 e. The number of Topliss-reactive ketones (excluding diaryl/α,β-unsaturated/α-hetero) is 1. The van der Waals surface area contributed by atoms with Crippen molar-refractivity contribution in [2.75, 3.05) is 0 Å². The van der Waals surface area contributed by atoms with Crippen LogP contribution in [0.25, 0.3) is 0 Å². The van der Waals surface area contributed by atoms with Gasteiger partial charge in [0.05, 0.1) is 0 Å². The molecule has 1 aromatic carbocycles. The molecule has 0 fully saturated rings. The fourth-order valence-corrected chi connectivity index (χ4v) is 3.38. The minimum absolute atomic E-state index is 0.138. The molecule has 0 aliphatic rings. The second-order valence-electron chi connectivity index (χ2n) is 4.31. The average molecular weight is 313 g/mol. The van der Waals surface area contributed by atoms with Crippen molar-refractivity contribution in [1.82, 2.24) is 0 Å². The van der Waals surface area contributed by atoms with Crippen LogP contribution in [0.3, 0.4) is 0 Å². The Bertz CT molecular complexity index is 569. The van der Waals surface area contributed by atoms with Gasteiger partial charge in [-0.25, -0.2) is 0 Å². The van der Waals surface area contributed by atoms with E-state index in [2.05, 4.69) is 13.0 Å². The van der Waals surface area contributed by atoms with E-state index in [-0.39, 0.29) is 12.2 Å². The van der Waals surface area contributed by atoms with Crippen LogP contribution in [0, 0.1) is 0 Å². The van der Waals surface area contributed by atoms with Crippen LogP contribution >= 0.6 is 34.5 Å². The highest BCUT2D eigenvalue weighted by Gasteiger charge is 2.12. The third-order valence-corrected chi connectivity index (χ3v) is 4.81. The van der Waals surface area contributed by atoms with Crippen LogP contribution in [-0.4, -0.2) is 5.78 Å². The molecule has 0 radical (unpaired) electrons. The maximum absolute atomic E-state index is 12.1. The zero-order chi connectivity index (χ0) is 13.8. The number of benzene rings is 1. The maximum atomic E-state index is 12.1. The molecule has 1 aromatic heterocycles. The summed E-state index contributed by atoms with van der Waals surface area (Å²) in [4.78, 5) is 14.5. The second-order valence-corrected chi connectivity index (χ2v) is 6.38. The molecular formula is C15H14Cl2OS. The van der Waals surface area contributed by atoms with Crippen molar-refractivity contribution >= 4 is 40.3 Å². The van der Waals surface area contributed by atoms with Gasteiger partial charge in [-0.3, -0.25) is 4.79 Å². The van der Waals surface area contributed by atoms with Crippen LogP contribution < -0.4 is 0 Å². The standard InChI is InChI=1S/C15H14Cl2OS/c1-2-11-6-7-12(19-11)8-10(18)9-13-14(16)4-3-5-15(13)17/h3-7H,2,8-9H2,1H3. The summed E-state index contributed by atoms with van der Waals surface area (Å²) < 4.78 is 0. The van der Waals surface area contributed by atoms with Gasteiger partial charge in [0.1, 0.15) is 5.78 Å². The van der Waals surface area contributed by atoms with E-state index in [1.807, 2.05) is 6.07 Å². The molecule has 19 heavy (non-hydrogen) atoms. The highest BCUT2D eigenvalue weighted by atomic mass is 35.5. The van der Waals surface area contributed by atoms with Gasteiger partial charge in [-0.15, -0.1) is 11.3 Å². The Morgan fingerprint density at radius 2 is 1.68 bits per heavy atom. The van der Waals surface area contributed by atoms with Crippen molar-refractivity contribution in [1.29, 1.82) is 0 Å². The van der Waals surface area contributed by atoms with E-state index < -0.39 is 0 Å². The Labute approximate surface area is 127 Å². The van der Waals surface area contributed by atoms with E-state index >= 15 is 0 Å². The number of thiophene rings is 1. The number of carbonyl (C=O) groups is 1. The van der Waals surface area contributed by atoms with Gasteiger partial charge in [0, 0.05) is 32.6 Å². The normalized spacial score (nSPS) is 10.7. The molecule has 0 amide bonds. The quantitative estimate of drug-likeness (QED) is 0.761. The Balaban J connectivity index is 2.05. The zero-order valence-electron chi connectivity index (χ0n) is 10.6. The van der Waals surface area contributed by atoms with Crippen molar-refractivity contribution in [3.8, 4) is 0 Å². The molecule has 0 atom stereocenters. The van der Waals surface area contributed by atoms with Crippen molar-refractivity contribution in [2.24, 2.45) is 0 Å². The highest BCUT2D eigenvalue weighted by Crippen LogP contribution is 2.26. The first-order valence-corrected chi connectivity index (χ1v) is 7.69. The number of hydrogen-bond donors (Lipinski definition) is 0. The molecule has 4 heteroatoms. The van der Waals surface area contributed by atoms with Gasteiger partial charge in [-0.2, -0.15) is 0 Å². The summed E-state index contributed by atoms with van der Waals surface area (Å²) in [5.74, 6) is 0.138. The van der Waals surface area contributed by atoms with Crippen molar-refractivity contribution in [2.45, 2.75) is 26.2 Å². The molecule has 0 bridgehead atoms. The first-order valence-electron chi connectivity index (χ1n) is 6.12. The first-order chi connectivity index (χ1) is 9.10. The van der Waals surface area contributed by atoms with Crippen LogP contribution in [0.5, 0.6) is 0 Å². The van der Waals surface area contributed by atoms with E-state index in [4.69, 9.17) is 23.2 Å². The van der Waals surface area contributed by atoms with Crippen LogP contribution in [0.4, 0.5) is 0 Å². The van der Waals surface area contributed by atoms with E-state index in [0.717, 1.165) is 16.9 Å². The minimum Gasteiger partial charge on any atom is -0.299 e. The largest absolute Gasteiger partial charge is 0.299 e. The third kappa shape index (κ3) is 3.82. The van der Waals surface area contributed by atoms with E-state index in [1.54, 1.807) is 29.5 Å². The fourth-order valence-electron chi connectivity index (χ4n) is 1.86. The number of carbonyl (C=O) groups excluding carboxylic acids is 1. The Morgan fingerprint density at radius 1 is 1.05 bits per heavy atom. The highest BCUT2D eigenvalue weighted by molar-refractivity contribution is 7.12. The SMILES string of the molecule is CCc1ccc(CC(=O)Cc2c(Cl)cccc2Cl)s1. The van der Waals surface area contributed by atoms with Crippen molar-refractivity contribution in [3.05, 3.63) is 55.7 Å². The lowest BCUT2D eigenvalue weighted by Gasteiger charge is -2.05. The van der Waals surface area contributed by atoms with Gasteiger partial charge in [0.2, 0.25) is 0 Å². The Kier molecular flexibility index (Phi) is 5.03. The predicted octanol–water partition coefficient (Wildman–Crippen LogP) is 4.97. The lowest BCUT2D eigenvalue weighted by Crippen LogP contribution is -2.06. The molecule has 0 saturated heterocycles. The molecule has 0 aliphatic heterocycles.